The molecule has 0 aromatic carbocycles. The lowest BCUT2D eigenvalue weighted by Gasteiger charge is -2.13. The van der Waals surface area contributed by atoms with Crippen LogP contribution in [0.4, 0.5) is 0 Å². The molecule has 0 saturated heterocycles. The Morgan fingerprint density at radius 3 is 2.27 bits per heavy atom. The first-order valence-corrected chi connectivity index (χ1v) is 9.82. The van der Waals surface area contributed by atoms with Crippen LogP contribution in [0.1, 0.15) is 39.8 Å². The first-order chi connectivity index (χ1) is 10.6. The van der Waals surface area contributed by atoms with Crippen molar-refractivity contribution in [2.45, 2.75) is 51.9 Å². The molecule has 0 aliphatic rings. The predicted octanol–water partition coefficient (Wildman–Crippen LogP) is 6.03. The van der Waals surface area contributed by atoms with Crippen molar-refractivity contribution in [3.63, 3.8) is 0 Å². The van der Waals surface area contributed by atoms with E-state index in [0.717, 1.165) is 31.4 Å². The van der Waals surface area contributed by atoms with Crippen LogP contribution < -0.4 is 0 Å². The molecule has 0 spiro atoms. The second-order valence-corrected chi connectivity index (χ2v) is 8.59. The SMILES string of the molecule is C/C=C(/C)OC(S)CCc1ccc(CCc2ccc(C)s2)s1. The van der Waals surface area contributed by atoms with Crippen LogP contribution in [0.5, 0.6) is 0 Å². The Kier molecular flexibility index (Phi) is 7.06. The van der Waals surface area contributed by atoms with E-state index in [1.165, 1.54) is 19.5 Å². The minimum Gasteiger partial charge on any atom is -0.485 e. The molecule has 0 amide bonds. The minimum atomic E-state index is -0.0177. The van der Waals surface area contributed by atoms with Crippen LogP contribution in [-0.4, -0.2) is 5.44 Å². The molecule has 0 radical (unpaired) electrons. The van der Waals surface area contributed by atoms with Crippen molar-refractivity contribution < 1.29 is 4.74 Å². The van der Waals surface area contributed by atoms with E-state index in [2.05, 4.69) is 43.8 Å². The molecule has 0 saturated carbocycles. The summed E-state index contributed by atoms with van der Waals surface area (Å²) in [5.74, 6) is 0.943. The van der Waals surface area contributed by atoms with Gasteiger partial charge in [0.1, 0.15) is 5.44 Å². The number of rotatable bonds is 8. The number of allylic oxidation sites excluding steroid dienone is 2. The van der Waals surface area contributed by atoms with Crippen LogP contribution in [0, 0.1) is 6.92 Å². The fourth-order valence-corrected chi connectivity index (χ4v) is 4.38. The third-order valence-electron chi connectivity index (χ3n) is 3.50. The van der Waals surface area contributed by atoms with Gasteiger partial charge in [-0.3, -0.25) is 0 Å². The Morgan fingerprint density at radius 1 is 1.09 bits per heavy atom. The zero-order valence-electron chi connectivity index (χ0n) is 13.5. The largest absolute Gasteiger partial charge is 0.485 e. The number of thiophene rings is 2. The van der Waals surface area contributed by atoms with Crippen molar-refractivity contribution in [1.29, 1.82) is 0 Å². The van der Waals surface area contributed by atoms with Crippen LogP contribution in [0.15, 0.2) is 36.1 Å². The summed E-state index contributed by atoms with van der Waals surface area (Å²) in [5, 5.41) is 0. The highest BCUT2D eigenvalue weighted by Gasteiger charge is 2.07. The van der Waals surface area contributed by atoms with Gasteiger partial charge in [-0.2, -0.15) is 0 Å². The van der Waals surface area contributed by atoms with E-state index in [9.17, 15) is 0 Å². The maximum absolute atomic E-state index is 5.67. The highest BCUT2D eigenvalue weighted by molar-refractivity contribution is 7.80. The van der Waals surface area contributed by atoms with E-state index < -0.39 is 0 Å². The van der Waals surface area contributed by atoms with E-state index in [-0.39, 0.29) is 5.44 Å². The topological polar surface area (TPSA) is 9.23 Å². The van der Waals surface area contributed by atoms with Gasteiger partial charge in [-0.1, -0.05) is 0 Å². The smallest absolute Gasteiger partial charge is 0.141 e. The highest BCUT2D eigenvalue weighted by Crippen LogP contribution is 2.23. The Labute approximate surface area is 147 Å². The van der Waals surface area contributed by atoms with Gasteiger partial charge in [0.05, 0.1) is 5.76 Å². The van der Waals surface area contributed by atoms with Gasteiger partial charge in [0.15, 0.2) is 0 Å². The molecule has 120 valence electrons. The summed E-state index contributed by atoms with van der Waals surface area (Å²) in [6, 6.07) is 8.98. The third-order valence-corrected chi connectivity index (χ3v) is 6.13. The summed E-state index contributed by atoms with van der Waals surface area (Å²) >= 11 is 8.33. The first kappa shape index (κ1) is 17.6. The average Bonchev–Trinajstić information content (AvgIpc) is 3.11. The fraction of sp³-hybridized carbons (Fsp3) is 0.444. The quantitative estimate of drug-likeness (QED) is 0.346. The van der Waals surface area contributed by atoms with Gasteiger partial charge in [0.2, 0.25) is 0 Å². The highest BCUT2D eigenvalue weighted by atomic mass is 32.1. The van der Waals surface area contributed by atoms with Gasteiger partial charge < -0.3 is 4.74 Å². The summed E-state index contributed by atoms with van der Waals surface area (Å²) in [4.78, 5) is 5.79. The molecular weight excluding hydrogens is 328 g/mol. The number of thiol groups is 1. The van der Waals surface area contributed by atoms with Gasteiger partial charge in [0.25, 0.3) is 0 Å². The van der Waals surface area contributed by atoms with Crippen molar-refractivity contribution in [3.05, 3.63) is 55.6 Å². The zero-order valence-corrected chi connectivity index (χ0v) is 16.0. The lowest BCUT2D eigenvalue weighted by atomic mass is 10.2. The summed E-state index contributed by atoms with van der Waals surface area (Å²) < 4.78 is 5.67. The second-order valence-electron chi connectivity index (χ2n) is 5.39. The van der Waals surface area contributed by atoms with E-state index in [1.54, 1.807) is 0 Å². The molecule has 4 heteroatoms. The van der Waals surface area contributed by atoms with Crippen LogP contribution in [-0.2, 0) is 24.0 Å². The molecular formula is C18H24OS3. The number of hydrogen-bond donors (Lipinski definition) is 1. The maximum Gasteiger partial charge on any atom is 0.141 e. The predicted molar refractivity (Wildman–Crippen MR) is 102 cm³/mol. The molecule has 0 bridgehead atoms. The third kappa shape index (κ3) is 5.82. The molecule has 0 aliphatic heterocycles. The Balaban J connectivity index is 1.76. The van der Waals surface area contributed by atoms with Gasteiger partial charge in [0, 0.05) is 19.5 Å². The molecule has 2 aromatic heterocycles. The van der Waals surface area contributed by atoms with Gasteiger partial charge in [-0.15, -0.1) is 35.3 Å². The van der Waals surface area contributed by atoms with Crippen LogP contribution >= 0.6 is 35.3 Å². The number of aryl methyl sites for hydroxylation is 4. The summed E-state index contributed by atoms with van der Waals surface area (Å²) in [5.41, 5.74) is -0.0177. The van der Waals surface area contributed by atoms with Crippen LogP contribution in [0.25, 0.3) is 0 Å². The zero-order chi connectivity index (χ0) is 15.9. The normalized spacial score (nSPS) is 13.4. The Morgan fingerprint density at radius 2 is 1.68 bits per heavy atom. The van der Waals surface area contributed by atoms with Crippen LogP contribution in [0.3, 0.4) is 0 Å². The molecule has 22 heavy (non-hydrogen) atoms. The molecule has 0 aliphatic carbocycles. The molecule has 2 heterocycles. The number of ether oxygens (including phenoxy) is 1. The lowest BCUT2D eigenvalue weighted by molar-refractivity contribution is 0.183. The van der Waals surface area contributed by atoms with Crippen molar-refractivity contribution in [2.75, 3.05) is 0 Å². The lowest BCUT2D eigenvalue weighted by Crippen LogP contribution is -2.04. The molecule has 0 fully saturated rings. The summed E-state index contributed by atoms with van der Waals surface area (Å²) in [7, 11) is 0. The summed E-state index contributed by atoms with van der Waals surface area (Å²) in [6.45, 7) is 6.12. The molecule has 2 rings (SSSR count). The average molecular weight is 353 g/mol. The van der Waals surface area contributed by atoms with Crippen molar-refractivity contribution in [1.82, 2.24) is 0 Å². The molecule has 2 aromatic rings. The monoisotopic (exact) mass is 352 g/mol. The molecule has 1 atom stereocenters. The molecule has 1 unspecified atom stereocenters. The van der Waals surface area contributed by atoms with Crippen molar-refractivity contribution in [2.24, 2.45) is 0 Å². The molecule has 1 nitrogen and oxygen atoms in total. The van der Waals surface area contributed by atoms with E-state index in [1.807, 2.05) is 42.6 Å². The fourth-order valence-electron chi connectivity index (χ4n) is 2.16. The van der Waals surface area contributed by atoms with E-state index in [4.69, 9.17) is 4.74 Å². The van der Waals surface area contributed by atoms with Crippen LogP contribution in [0.2, 0.25) is 0 Å². The van der Waals surface area contributed by atoms with Crippen molar-refractivity contribution in [3.8, 4) is 0 Å². The Hall–Kier alpha value is -0.710. The summed E-state index contributed by atoms with van der Waals surface area (Å²) in [6.07, 6.45) is 6.24. The maximum atomic E-state index is 5.67. The Bertz CT molecular complexity index is 609. The second kappa shape index (κ2) is 8.80. The number of hydrogen-bond acceptors (Lipinski definition) is 4. The molecule has 0 N–H and O–H groups in total. The minimum absolute atomic E-state index is 0.0177. The van der Waals surface area contributed by atoms with E-state index in [0.29, 0.717) is 0 Å². The first-order valence-electron chi connectivity index (χ1n) is 7.67. The van der Waals surface area contributed by atoms with Crippen molar-refractivity contribution >= 4 is 35.3 Å². The van der Waals surface area contributed by atoms with Gasteiger partial charge in [-0.25, -0.2) is 0 Å². The standard InChI is InChI=1S/C18H24OS3/c1-4-13(2)19-18(20)12-11-17-10-9-16(22-17)8-7-15-6-5-14(3)21-15/h4-6,9-10,18,20H,7-8,11-12H2,1-3H3/b13-4-. The van der Waals surface area contributed by atoms with E-state index >= 15 is 0 Å². The van der Waals surface area contributed by atoms with Gasteiger partial charge in [-0.05, 0) is 76.8 Å². The van der Waals surface area contributed by atoms with Gasteiger partial charge >= 0.3 is 0 Å².